The Bertz CT molecular complexity index is 3350. The third kappa shape index (κ3) is 4.28. The van der Waals surface area contributed by atoms with Crippen molar-refractivity contribution in [2.45, 2.75) is 49.4 Å². The highest BCUT2D eigenvalue weighted by molar-refractivity contribution is 6.05. The van der Waals surface area contributed by atoms with E-state index in [-0.39, 0.29) is 0 Å². The van der Waals surface area contributed by atoms with Crippen LogP contribution in [0.1, 0.15) is 66.3 Å². The zero-order valence-electron chi connectivity index (χ0n) is 34.3. The average molecular weight is 799 g/mol. The molecule has 3 bridgehead atoms. The van der Waals surface area contributed by atoms with E-state index in [2.05, 4.69) is 152 Å². The predicted molar refractivity (Wildman–Crippen MR) is 245 cm³/mol. The summed E-state index contributed by atoms with van der Waals surface area (Å²) in [6, 6.07) is 59.5. The molecule has 15 rings (SSSR count). The van der Waals surface area contributed by atoms with Crippen LogP contribution in [0, 0.1) is 23.2 Å². The maximum absolute atomic E-state index is 6.64. The van der Waals surface area contributed by atoms with Gasteiger partial charge in [0.05, 0.1) is 16.8 Å². The van der Waals surface area contributed by atoms with Crippen LogP contribution in [0.3, 0.4) is 0 Å². The summed E-state index contributed by atoms with van der Waals surface area (Å²) in [5.74, 6) is 5.32. The molecule has 0 N–H and O–H groups in total. The van der Waals surface area contributed by atoms with Gasteiger partial charge in [0.1, 0.15) is 22.7 Å². The number of furan rings is 1. The SMILES string of the molecule is c1ccc2c(c1)Oc1ccccc1C21c2ccccc2-c2ccc(-c3cc(-c4ccc(C56CC7C[C@@H]8C[C@@H](C5)CC78C6)cc4)nc(-c4ccc5c(c4)oc4ccccc45)n3)cc21. The molecule has 62 heavy (non-hydrogen) atoms. The summed E-state index contributed by atoms with van der Waals surface area (Å²) in [5, 5.41) is 2.21. The zero-order chi connectivity index (χ0) is 40.4. The van der Waals surface area contributed by atoms with Crippen molar-refractivity contribution in [3.05, 3.63) is 192 Å². The number of aromatic nitrogens is 2. The molecule has 1 aliphatic heterocycles. The van der Waals surface area contributed by atoms with E-state index in [4.69, 9.17) is 19.1 Å². The second-order valence-electron chi connectivity index (χ2n) is 19.5. The van der Waals surface area contributed by atoms with Crippen molar-refractivity contribution in [3.63, 3.8) is 0 Å². The number of benzene rings is 7. The summed E-state index contributed by atoms with van der Waals surface area (Å²) in [7, 11) is 0. The van der Waals surface area contributed by atoms with Gasteiger partial charge in [0.2, 0.25) is 0 Å². The lowest BCUT2D eigenvalue weighted by Gasteiger charge is -2.49. The van der Waals surface area contributed by atoms with Crippen LogP contribution in [0.25, 0.3) is 67.0 Å². The van der Waals surface area contributed by atoms with Gasteiger partial charge in [-0.15, -0.1) is 0 Å². The van der Waals surface area contributed by atoms with Crippen LogP contribution in [-0.4, -0.2) is 9.97 Å². The van der Waals surface area contributed by atoms with E-state index < -0.39 is 5.41 Å². The highest BCUT2D eigenvalue weighted by atomic mass is 16.5. The van der Waals surface area contributed by atoms with Gasteiger partial charge >= 0.3 is 0 Å². The Morgan fingerprint density at radius 1 is 0.484 bits per heavy atom. The van der Waals surface area contributed by atoms with Crippen LogP contribution < -0.4 is 4.74 Å². The molecule has 2 aromatic heterocycles. The molecule has 3 unspecified atom stereocenters. The van der Waals surface area contributed by atoms with Crippen molar-refractivity contribution in [2.75, 3.05) is 0 Å². The molecule has 4 saturated carbocycles. The Labute approximate surface area is 360 Å². The third-order valence-corrected chi connectivity index (χ3v) is 16.8. The minimum absolute atomic E-state index is 0.348. The molecule has 0 radical (unpaired) electrons. The maximum atomic E-state index is 6.64. The second kappa shape index (κ2) is 11.8. The smallest absolute Gasteiger partial charge is 0.160 e. The molecular weight excluding hydrogens is 757 g/mol. The van der Waals surface area contributed by atoms with Crippen molar-refractivity contribution >= 4 is 21.9 Å². The fourth-order valence-corrected chi connectivity index (χ4v) is 14.4. The largest absolute Gasteiger partial charge is 0.457 e. The van der Waals surface area contributed by atoms with Crippen LogP contribution >= 0.6 is 0 Å². The Hall–Kier alpha value is -6.78. The van der Waals surface area contributed by atoms with E-state index in [0.29, 0.717) is 16.7 Å². The summed E-state index contributed by atoms with van der Waals surface area (Å²) in [5.41, 5.74) is 15.9. The third-order valence-electron chi connectivity index (χ3n) is 16.8. The number of fused-ring (bicyclic) bond motifs is 14. The van der Waals surface area contributed by atoms with Gasteiger partial charge in [-0.2, -0.15) is 0 Å². The van der Waals surface area contributed by atoms with Crippen molar-refractivity contribution in [1.82, 2.24) is 9.97 Å². The van der Waals surface area contributed by atoms with E-state index in [1.165, 1.54) is 60.8 Å². The number of para-hydroxylation sites is 3. The van der Waals surface area contributed by atoms with E-state index in [1.54, 1.807) is 5.56 Å². The van der Waals surface area contributed by atoms with Crippen molar-refractivity contribution < 1.29 is 9.15 Å². The van der Waals surface area contributed by atoms with Crippen LogP contribution in [-0.2, 0) is 10.8 Å². The first kappa shape index (κ1) is 33.9. The molecule has 7 aromatic carbocycles. The fraction of sp³-hybridized carbons (Fsp3) is 0.207. The number of ether oxygens (including phenoxy) is 1. The number of nitrogens with zero attached hydrogens (tertiary/aromatic N) is 2. The van der Waals surface area contributed by atoms with E-state index in [1.807, 2.05) is 12.1 Å². The Kier molecular flexibility index (Phi) is 6.43. The first-order valence-corrected chi connectivity index (χ1v) is 22.6. The minimum atomic E-state index is -0.564. The molecule has 9 aromatic rings. The van der Waals surface area contributed by atoms with Crippen LogP contribution in [0.5, 0.6) is 11.5 Å². The summed E-state index contributed by atoms with van der Waals surface area (Å²) in [6.07, 6.45) is 8.62. The number of rotatable bonds is 4. The molecule has 0 saturated heterocycles. The van der Waals surface area contributed by atoms with Gasteiger partial charge < -0.3 is 9.15 Å². The molecule has 4 heteroatoms. The summed E-state index contributed by atoms with van der Waals surface area (Å²) >= 11 is 0. The number of hydrogen-bond donors (Lipinski definition) is 0. The molecule has 296 valence electrons. The molecule has 4 fully saturated rings. The average Bonchev–Trinajstić information content (AvgIpc) is 3.96. The number of hydrogen-bond acceptors (Lipinski definition) is 4. The van der Waals surface area contributed by atoms with Crippen molar-refractivity contribution in [3.8, 4) is 56.5 Å². The van der Waals surface area contributed by atoms with Crippen molar-refractivity contribution in [1.29, 1.82) is 0 Å². The molecule has 6 aliphatic rings. The lowest BCUT2D eigenvalue weighted by molar-refractivity contribution is -0.000160. The normalized spacial score (nSPS) is 24.9. The molecule has 3 heterocycles. The second-order valence-corrected chi connectivity index (χ2v) is 19.5. The van der Waals surface area contributed by atoms with Gasteiger partial charge in [0.15, 0.2) is 5.82 Å². The summed E-state index contributed by atoms with van der Waals surface area (Å²) in [4.78, 5) is 10.8. The van der Waals surface area contributed by atoms with Gasteiger partial charge in [-0.25, -0.2) is 9.97 Å². The lowest BCUT2D eigenvalue weighted by Crippen LogP contribution is -2.42. The molecule has 4 nitrogen and oxygen atoms in total. The summed E-state index contributed by atoms with van der Waals surface area (Å²) < 4.78 is 13.0. The zero-order valence-corrected chi connectivity index (χ0v) is 34.3. The Morgan fingerprint density at radius 2 is 1.16 bits per heavy atom. The van der Waals surface area contributed by atoms with Crippen LogP contribution in [0.2, 0.25) is 0 Å². The van der Waals surface area contributed by atoms with E-state index >= 15 is 0 Å². The first-order chi connectivity index (χ1) is 30.6. The molecular formula is C58H42N2O2. The van der Waals surface area contributed by atoms with Crippen LogP contribution in [0.4, 0.5) is 0 Å². The first-order valence-electron chi connectivity index (χ1n) is 22.6. The monoisotopic (exact) mass is 798 g/mol. The van der Waals surface area contributed by atoms with Gasteiger partial charge in [0.25, 0.3) is 0 Å². The Morgan fingerprint density at radius 3 is 2.00 bits per heavy atom. The van der Waals surface area contributed by atoms with Crippen molar-refractivity contribution in [2.24, 2.45) is 23.2 Å². The maximum Gasteiger partial charge on any atom is 0.160 e. The Balaban J connectivity index is 0.915. The molecule has 5 aliphatic carbocycles. The van der Waals surface area contributed by atoms with Gasteiger partial charge in [0, 0.05) is 38.6 Å². The van der Waals surface area contributed by atoms with E-state index in [0.717, 1.165) is 90.4 Å². The molecule has 0 amide bonds. The predicted octanol–water partition coefficient (Wildman–Crippen LogP) is 14.3. The standard InChI is InChI=1S/C58H42N2O2/c1-3-11-45-41(9-1)42-23-19-36(26-48(42)58(45)46-12-4-7-15-52(46)62-53-16-8-5-13-47(53)58)50-29-49(59-55(60-50)37-20-24-44-43-10-2-6-14-51(43)61-54(44)27-37)35-17-21-38(22-18-35)56-30-34-25-39-28-40(32-56)57(39,31-34)33-56/h1-24,26-27,29,34,39-40H,25,28,30-33H2/t34-,39-,40?,56?,57?/m0/s1. The van der Waals surface area contributed by atoms with Gasteiger partial charge in [-0.3, -0.25) is 0 Å². The molecule has 2 spiro atoms. The minimum Gasteiger partial charge on any atom is -0.457 e. The highest BCUT2D eigenvalue weighted by Gasteiger charge is 2.71. The van der Waals surface area contributed by atoms with Gasteiger partial charge in [-0.1, -0.05) is 121 Å². The van der Waals surface area contributed by atoms with E-state index in [9.17, 15) is 0 Å². The quantitative estimate of drug-likeness (QED) is 0.178. The highest BCUT2D eigenvalue weighted by Crippen LogP contribution is 2.79. The molecule has 5 atom stereocenters. The van der Waals surface area contributed by atoms with Gasteiger partial charge in [-0.05, 0) is 137 Å². The topological polar surface area (TPSA) is 48.2 Å². The van der Waals surface area contributed by atoms with Crippen LogP contribution in [0.15, 0.2) is 168 Å². The summed E-state index contributed by atoms with van der Waals surface area (Å²) in [6.45, 7) is 0. The lowest BCUT2D eigenvalue weighted by atomic mass is 9.55. The fourth-order valence-electron chi connectivity index (χ4n) is 14.4.